The summed E-state index contributed by atoms with van der Waals surface area (Å²) in [7, 11) is 0. The molecule has 0 aromatic heterocycles. The Hall–Kier alpha value is -2.17. The third-order valence-corrected chi connectivity index (χ3v) is 5.94. The summed E-state index contributed by atoms with van der Waals surface area (Å²) < 4.78 is 4.94. The average Bonchev–Trinajstić information content (AvgIpc) is 2.91. The van der Waals surface area contributed by atoms with Gasteiger partial charge in [-0.05, 0) is 55.4 Å². The number of amides is 1. The highest BCUT2D eigenvalue weighted by atomic mass is 16.5. The van der Waals surface area contributed by atoms with Crippen LogP contribution in [0.2, 0.25) is 0 Å². The molecule has 2 aliphatic carbocycles. The Morgan fingerprint density at radius 1 is 1.25 bits per heavy atom. The molecule has 128 valence electrons. The van der Waals surface area contributed by atoms with Crippen LogP contribution in [0.1, 0.15) is 50.4 Å². The Kier molecular flexibility index (Phi) is 3.98. The number of nitrogens with one attached hydrogen (secondary N) is 1. The number of hydrogen-bond acceptors (Lipinski definition) is 4. The molecule has 24 heavy (non-hydrogen) atoms. The van der Waals surface area contributed by atoms with Gasteiger partial charge in [-0.25, -0.2) is 4.79 Å². The van der Waals surface area contributed by atoms with Crippen LogP contribution in [-0.2, 0) is 14.3 Å². The van der Waals surface area contributed by atoms with Crippen LogP contribution in [0.25, 0.3) is 0 Å². The molecule has 1 aromatic carbocycles. The molecule has 0 radical (unpaired) electrons. The Balaban J connectivity index is 1.78. The quantitative estimate of drug-likeness (QED) is 0.680. The van der Waals surface area contributed by atoms with Gasteiger partial charge in [-0.15, -0.1) is 0 Å². The SMILES string of the molecule is CCOC(=O)c1ccc(NC(=O)C23CCC(CC2=O)C3(C)C)cc1. The molecule has 2 aliphatic rings. The number of anilines is 1. The summed E-state index contributed by atoms with van der Waals surface area (Å²) in [5.41, 5.74) is -0.205. The van der Waals surface area contributed by atoms with E-state index in [0.29, 0.717) is 36.6 Å². The normalized spacial score (nSPS) is 27.1. The molecular formula is C19H23NO4. The second kappa shape index (κ2) is 5.72. The lowest BCUT2D eigenvalue weighted by molar-refractivity contribution is -0.141. The number of Topliss-reactive ketones (excluding diaryl/α,β-unsaturated/α-hetero) is 1. The molecule has 2 unspecified atom stereocenters. The summed E-state index contributed by atoms with van der Waals surface area (Å²) in [6, 6.07) is 6.56. The Bertz CT molecular complexity index is 692. The van der Waals surface area contributed by atoms with Crippen molar-refractivity contribution >= 4 is 23.3 Å². The van der Waals surface area contributed by atoms with Crippen LogP contribution in [0.5, 0.6) is 0 Å². The molecule has 0 heterocycles. The predicted octanol–water partition coefficient (Wildman–Crippen LogP) is 3.20. The second-order valence-corrected chi connectivity index (χ2v) is 7.24. The first kappa shape index (κ1) is 16.7. The number of hydrogen-bond donors (Lipinski definition) is 1. The van der Waals surface area contributed by atoms with Crippen molar-refractivity contribution in [2.24, 2.45) is 16.7 Å². The number of fused-ring (bicyclic) bond motifs is 2. The number of ether oxygens (including phenoxy) is 1. The molecule has 1 amide bonds. The molecule has 2 saturated carbocycles. The van der Waals surface area contributed by atoms with Gasteiger partial charge in [0.15, 0.2) is 0 Å². The van der Waals surface area contributed by atoms with Gasteiger partial charge in [-0.2, -0.15) is 0 Å². The lowest BCUT2D eigenvalue weighted by Gasteiger charge is -2.34. The zero-order valence-corrected chi connectivity index (χ0v) is 14.3. The Morgan fingerprint density at radius 2 is 1.92 bits per heavy atom. The Labute approximate surface area is 141 Å². The van der Waals surface area contributed by atoms with E-state index in [0.717, 1.165) is 6.42 Å². The maximum atomic E-state index is 12.9. The monoisotopic (exact) mass is 329 g/mol. The largest absolute Gasteiger partial charge is 0.462 e. The highest BCUT2D eigenvalue weighted by Crippen LogP contribution is 2.64. The van der Waals surface area contributed by atoms with Gasteiger partial charge in [0.05, 0.1) is 12.2 Å². The first-order valence-corrected chi connectivity index (χ1v) is 8.45. The van der Waals surface area contributed by atoms with Crippen LogP contribution in [0.15, 0.2) is 24.3 Å². The summed E-state index contributed by atoms with van der Waals surface area (Å²) in [4.78, 5) is 37.1. The standard InChI is InChI=1S/C19H23NO4/c1-4-24-16(22)12-5-7-14(8-6-12)20-17(23)19-10-9-13(11-15(19)21)18(19,2)3/h5-8,13H,4,9-11H2,1-3H3,(H,20,23). The highest BCUT2D eigenvalue weighted by molar-refractivity contribution is 6.14. The number of carbonyl (C=O) groups is 3. The van der Waals surface area contributed by atoms with Gasteiger partial charge in [-0.1, -0.05) is 13.8 Å². The van der Waals surface area contributed by atoms with Gasteiger partial charge >= 0.3 is 5.97 Å². The van der Waals surface area contributed by atoms with Crippen LogP contribution in [0, 0.1) is 16.7 Å². The molecule has 0 spiro atoms. The first-order chi connectivity index (χ1) is 11.3. The van der Waals surface area contributed by atoms with E-state index in [4.69, 9.17) is 4.74 Å². The van der Waals surface area contributed by atoms with Gasteiger partial charge < -0.3 is 10.1 Å². The van der Waals surface area contributed by atoms with Crippen molar-refractivity contribution in [1.82, 2.24) is 0 Å². The lowest BCUT2D eigenvalue weighted by Crippen LogP contribution is -2.46. The fourth-order valence-electron chi connectivity index (χ4n) is 4.35. The molecule has 1 aromatic rings. The van der Waals surface area contributed by atoms with E-state index in [9.17, 15) is 14.4 Å². The van der Waals surface area contributed by atoms with Crippen molar-refractivity contribution < 1.29 is 19.1 Å². The predicted molar refractivity (Wildman–Crippen MR) is 89.6 cm³/mol. The zero-order chi connectivity index (χ0) is 17.5. The molecule has 2 bridgehead atoms. The van der Waals surface area contributed by atoms with Crippen molar-refractivity contribution in [3.8, 4) is 0 Å². The first-order valence-electron chi connectivity index (χ1n) is 8.45. The third-order valence-electron chi connectivity index (χ3n) is 5.94. The number of ketones is 1. The van der Waals surface area contributed by atoms with Crippen LogP contribution in [0.4, 0.5) is 5.69 Å². The third kappa shape index (κ3) is 2.26. The summed E-state index contributed by atoms with van der Waals surface area (Å²) in [6.45, 7) is 6.12. The van der Waals surface area contributed by atoms with E-state index in [-0.39, 0.29) is 23.1 Å². The number of carbonyl (C=O) groups excluding carboxylic acids is 3. The lowest BCUT2D eigenvalue weighted by atomic mass is 9.68. The topological polar surface area (TPSA) is 72.5 Å². The van der Waals surface area contributed by atoms with Gasteiger partial charge in [-0.3, -0.25) is 9.59 Å². The molecule has 1 N–H and O–H groups in total. The summed E-state index contributed by atoms with van der Waals surface area (Å²) in [5, 5.41) is 2.87. The minimum atomic E-state index is -0.919. The van der Waals surface area contributed by atoms with Gasteiger partial charge in [0.25, 0.3) is 0 Å². The van der Waals surface area contributed by atoms with Crippen LogP contribution in [-0.4, -0.2) is 24.3 Å². The zero-order valence-electron chi connectivity index (χ0n) is 14.3. The molecular weight excluding hydrogens is 306 g/mol. The van der Waals surface area contributed by atoms with Crippen LogP contribution in [0.3, 0.4) is 0 Å². The maximum Gasteiger partial charge on any atom is 0.338 e. The van der Waals surface area contributed by atoms with Crippen LogP contribution >= 0.6 is 0 Å². The molecule has 5 nitrogen and oxygen atoms in total. The Morgan fingerprint density at radius 3 is 2.42 bits per heavy atom. The van der Waals surface area contributed by atoms with Gasteiger partial charge in [0.1, 0.15) is 11.2 Å². The fourth-order valence-corrected chi connectivity index (χ4v) is 4.35. The second-order valence-electron chi connectivity index (χ2n) is 7.24. The minimum absolute atomic E-state index is 0.0596. The van der Waals surface area contributed by atoms with Crippen molar-refractivity contribution in [3.05, 3.63) is 29.8 Å². The van der Waals surface area contributed by atoms with E-state index in [2.05, 4.69) is 5.32 Å². The smallest absolute Gasteiger partial charge is 0.338 e. The fraction of sp³-hybridized carbons (Fsp3) is 0.526. The van der Waals surface area contributed by atoms with E-state index < -0.39 is 5.41 Å². The summed E-state index contributed by atoms with van der Waals surface area (Å²) in [5.74, 6) is -0.257. The molecule has 0 saturated heterocycles. The number of benzene rings is 1. The highest BCUT2D eigenvalue weighted by Gasteiger charge is 2.68. The minimum Gasteiger partial charge on any atom is -0.462 e. The van der Waals surface area contributed by atoms with Crippen molar-refractivity contribution in [2.75, 3.05) is 11.9 Å². The van der Waals surface area contributed by atoms with E-state index >= 15 is 0 Å². The van der Waals surface area contributed by atoms with E-state index in [1.165, 1.54) is 0 Å². The molecule has 2 atom stereocenters. The van der Waals surface area contributed by atoms with Crippen molar-refractivity contribution in [1.29, 1.82) is 0 Å². The van der Waals surface area contributed by atoms with Gasteiger partial charge in [0, 0.05) is 12.1 Å². The molecule has 0 aliphatic heterocycles. The van der Waals surface area contributed by atoms with Crippen molar-refractivity contribution in [3.63, 3.8) is 0 Å². The van der Waals surface area contributed by atoms with E-state index in [1.54, 1.807) is 31.2 Å². The van der Waals surface area contributed by atoms with E-state index in [1.807, 2.05) is 13.8 Å². The maximum absolute atomic E-state index is 12.9. The molecule has 2 fully saturated rings. The summed E-state index contributed by atoms with van der Waals surface area (Å²) >= 11 is 0. The summed E-state index contributed by atoms with van der Waals surface area (Å²) in [6.07, 6.45) is 2.05. The van der Waals surface area contributed by atoms with Crippen LogP contribution < -0.4 is 5.32 Å². The average molecular weight is 329 g/mol. The number of rotatable bonds is 4. The van der Waals surface area contributed by atoms with Gasteiger partial charge in [0.2, 0.25) is 5.91 Å². The van der Waals surface area contributed by atoms with Crippen molar-refractivity contribution in [2.45, 2.75) is 40.0 Å². The molecule has 5 heteroatoms. The molecule has 3 rings (SSSR count). The number of esters is 1.